The van der Waals surface area contributed by atoms with Gasteiger partial charge >= 0.3 is 5.69 Å². The van der Waals surface area contributed by atoms with E-state index in [0.717, 1.165) is 35.9 Å². The molecule has 2 heterocycles. The monoisotopic (exact) mass is 360 g/mol. The van der Waals surface area contributed by atoms with E-state index in [1.54, 1.807) is 0 Å². The van der Waals surface area contributed by atoms with Gasteiger partial charge in [-0.2, -0.15) is 4.98 Å². The highest BCUT2D eigenvalue weighted by molar-refractivity contribution is 5.79. The molecule has 0 radical (unpaired) electrons. The van der Waals surface area contributed by atoms with Crippen LogP contribution in [0.2, 0.25) is 0 Å². The maximum Gasteiger partial charge on any atom is 0.349 e. The van der Waals surface area contributed by atoms with Crippen LogP contribution in [-0.4, -0.2) is 19.5 Å². The number of hydrogen-bond donors (Lipinski definition) is 1. The van der Waals surface area contributed by atoms with Crippen molar-refractivity contribution in [2.24, 2.45) is 0 Å². The van der Waals surface area contributed by atoms with Crippen LogP contribution in [0.25, 0.3) is 22.6 Å². The predicted molar refractivity (Wildman–Crippen MR) is 105 cm³/mol. The molecule has 0 spiro atoms. The van der Waals surface area contributed by atoms with Crippen LogP contribution in [0.15, 0.2) is 58.1 Å². The number of unbranched alkanes of at least 4 members (excludes halogenated alkanes) is 1. The van der Waals surface area contributed by atoms with Crippen LogP contribution in [0.4, 0.5) is 0 Å². The Balaban J connectivity index is 1.70. The van der Waals surface area contributed by atoms with E-state index in [0.29, 0.717) is 12.4 Å². The molecular weight excluding hydrogens is 340 g/mol. The molecule has 0 atom stereocenters. The van der Waals surface area contributed by atoms with Crippen LogP contribution in [0, 0.1) is 6.92 Å². The van der Waals surface area contributed by atoms with E-state index in [-0.39, 0.29) is 5.69 Å². The predicted octanol–water partition coefficient (Wildman–Crippen LogP) is 2.92. The van der Waals surface area contributed by atoms with E-state index in [4.69, 9.17) is 0 Å². The van der Waals surface area contributed by atoms with Crippen LogP contribution in [0.5, 0.6) is 0 Å². The van der Waals surface area contributed by atoms with Crippen molar-refractivity contribution in [2.75, 3.05) is 0 Å². The third-order valence-electron chi connectivity index (χ3n) is 4.70. The van der Waals surface area contributed by atoms with Gasteiger partial charge in [-0.05, 0) is 49.4 Å². The summed E-state index contributed by atoms with van der Waals surface area (Å²) in [5, 5.41) is 0. The van der Waals surface area contributed by atoms with Gasteiger partial charge in [0, 0.05) is 6.54 Å². The van der Waals surface area contributed by atoms with Crippen LogP contribution in [0.1, 0.15) is 24.0 Å². The Labute approximate surface area is 155 Å². The fraction of sp³-hybridized carbons (Fsp3) is 0.238. The minimum Gasteiger partial charge on any atom is -0.322 e. The number of aromatic nitrogens is 4. The number of nitrogens with zero attached hydrogens (tertiary/aromatic N) is 3. The van der Waals surface area contributed by atoms with Gasteiger partial charge in [-0.25, -0.2) is 9.78 Å². The van der Waals surface area contributed by atoms with Crippen LogP contribution in [0.3, 0.4) is 0 Å². The second-order valence-corrected chi connectivity index (χ2v) is 6.74. The first-order chi connectivity index (χ1) is 13.1. The molecular formula is C21H20N4O2. The molecule has 0 fully saturated rings. The average Bonchev–Trinajstić information content (AvgIpc) is 2.66. The summed E-state index contributed by atoms with van der Waals surface area (Å²) in [5.41, 5.74) is 3.05. The maximum atomic E-state index is 12.2. The van der Waals surface area contributed by atoms with Gasteiger partial charge in [-0.3, -0.25) is 9.78 Å². The third kappa shape index (κ3) is 3.51. The topological polar surface area (TPSA) is 80.6 Å². The first kappa shape index (κ1) is 17.1. The maximum absolute atomic E-state index is 12.2. The van der Waals surface area contributed by atoms with E-state index in [9.17, 15) is 9.59 Å². The number of H-pyrrole nitrogens is 1. The quantitative estimate of drug-likeness (QED) is 0.438. The summed E-state index contributed by atoms with van der Waals surface area (Å²) in [6, 6.07) is 16.3. The zero-order valence-corrected chi connectivity index (χ0v) is 15.1. The number of benzene rings is 2. The smallest absolute Gasteiger partial charge is 0.322 e. The standard InChI is InChI=1S/C21H20N4O2/c1-14-10-11-17-16(13-14)22-18-19(23-21(27)24-20(18)26)25(17)12-6-5-9-15-7-3-2-4-8-15/h2-4,7-8,10-11,13H,5-6,9,12H2,1H3,(H,24,26,27). The lowest BCUT2D eigenvalue weighted by molar-refractivity contribution is 0.615. The summed E-state index contributed by atoms with van der Waals surface area (Å²) in [5.74, 6) is 0.347. The van der Waals surface area contributed by atoms with Gasteiger partial charge in [-0.1, -0.05) is 36.4 Å². The summed E-state index contributed by atoms with van der Waals surface area (Å²) in [6.07, 6.45) is 2.90. The minimum absolute atomic E-state index is 0.204. The highest BCUT2D eigenvalue weighted by atomic mass is 16.2. The highest BCUT2D eigenvalue weighted by Crippen LogP contribution is 2.22. The number of aryl methyl sites for hydroxylation is 3. The van der Waals surface area contributed by atoms with Gasteiger partial charge in [0.25, 0.3) is 5.56 Å². The SMILES string of the molecule is Cc1ccc2c(c1)nc1c(=O)[nH]c(=O)nc-1n2CCCCc1ccccc1. The summed E-state index contributed by atoms with van der Waals surface area (Å²) >= 11 is 0. The second kappa shape index (κ2) is 7.15. The Hall–Kier alpha value is -3.28. The normalized spacial score (nSPS) is 11.3. The zero-order chi connectivity index (χ0) is 18.8. The summed E-state index contributed by atoms with van der Waals surface area (Å²) in [4.78, 5) is 34.7. The Morgan fingerprint density at radius 2 is 1.81 bits per heavy atom. The molecule has 0 aliphatic carbocycles. The van der Waals surface area contributed by atoms with Crippen molar-refractivity contribution in [3.8, 4) is 11.5 Å². The second-order valence-electron chi connectivity index (χ2n) is 6.74. The number of nitrogens with one attached hydrogen (secondary N) is 1. The third-order valence-corrected chi connectivity index (χ3v) is 4.70. The van der Waals surface area contributed by atoms with Crippen LogP contribution >= 0.6 is 0 Å². The average molecular weight is 360 g/mol. The molecule has 2 aliphatic heterocycles. The van der Waals surface area contributed by atoms with Gasteiger partial charge in [0.05, 0.1) is 11.0 Å². The highest BCUT2D eigenvalue weighted by Gasteiger charge is 2.18. The molecule has 0 aromatic heterocycles. The van der Waals surface area contributed by atoms with Crippen LogP contribution in [-0.2, 0) is 13.0 Å². The lowest BCUT2D eigenvalue weighted by Gasteiger charge is -2.16. The number of fused-ring (bicyclic) bond motifs is 2. The van der Waals surface area contributed by atoms with Crippen molar-refractivity contribution in [3.05, 3.63) is 80.5 Å². The molecule has 2 aromatic carbocycles. The molecule has 6 nitrogen and oxygen atoms in total. The fourth-order valence-corrected chi connectivity index (χ4v) is 3.38. The van der Waals surface area contributed by atoms with E-state index in [2.05, 4.69) is 27.1 Å². The summed E-state index contributed by atoms with van der Waals surface area (Å²) in [7, 11) is 0. The molecule has 1 N–H and O–H groups in total. The first-order valence-corrected chi connectivity index (χ1v) is 9.07. The molecule has 2 aliphatic rings. The molecule has 136 valence electrons. The van der Waals surface area contributed by atoms with Crippen molar-refractivity contribution >= 4 is 11.0 Å². The van der Waals surface area contributed by atoms with Gasteiger partial charge in [0.2, 0.25) is 0 Å². The molecule has 0 amide bonds. The minimum atomic E-state index is -0.640. The molecule has 0 saturated heterocycles. The van der Waals surface area contributed by atoms with Crippen LogP contribution < -0.4 is 11.2 Å². The van der Waals surface area contributed by atoms with Crippen molar-refractivity contribution in [1.82, 2.24) is 19.5 Å². The van der Waals surface area contributed by atoms with Crippen molar-refractivity contribution in [3.63, 3.8) is 0 Å². The molecule has 2 aromatic rings. The molecule has 6 heteroatoms. The van der Waals surface area contributed by atoms with E-state index < -0.39 is 11.2 Å². The van der Waals surface area contributed by atoms with Crippen molar-refractivity contribution in [1.29, 1.82) is 0 Å². The number of rotatable bonds is 5. The Bertz CT molecular complexity index is 1180. The fourth-order valence-electron chi connectivity index (χ4n) is 3.38. The molecule has 27 heavy (non-hydrogen) atoms. The lowest BCUT2D eigenvalue weighted by Crippen LogP contribution is -2.29. The molecule has 0 unspecified atom stereocenters. The Morgan fingerprint density at radius 3 is 2.63 bits per heavy atom. The number of aromatic amines is 1. The summed E-state index contributed by atoms with van der Waals surface area (Å²) < 4.78 is 1.94. The zero-order valence-electron chi connectivity index (χ0n) is 15.1. The summed E-state index contributed by atoms with van der Waals surface area (Å²) in [6.45, 7) is 2.65. The first-order valence-electron chi connectivity index (χ1n) is 9.07. The largest absolute Gasteiger partial charge is 0.349 e. The van der Waals surface area contributed by atoms with E-state index in [1.165, 1.54) is 5.56 Å². The van der Waals surface area contributed by atoms with Gasteiger partial charge in [-0.15, -0.1) is 0 Å². The van der Waals surface area contributed by atoms with Crippen molar-refractivity contribution in [2.45, 2.75) is 32.7 Å². The van der Waals surface area contributed by atoms with E-state index in [1.807, 2.05) is 47.9 Å². The molecule has 0 saturated carbocycles. The Kier molecular flexibility index (Phi) is 4.54. The van der Waals surface area contributed by atoms with Gasteiger partial charge in [0.1, 0.15) is 0 Å². The van der Waals surface area contributed by atoms with Crippen molar-refractivity contribution < 1.29 is 0 Å². The molecule has 4 rings (SSSR count). The number of hydrogen-bond acceptors (Lipinski definition) is 4. The lowest BCUT2D eigenvalue weighted by atomic mass is 10.1. The molecule has 0 bridgehead atoms. The van der Waals surface area contributed by atoms with Gasteiger partial charge in [0.15, 0.2) is 11.5 Å². The van der Waals surface area contributed by atoms with Gasteiger partial charge < -0.3 is 4.57 Å². The van der Waals surface area contributed by atoms with E-state index >= 15 is 0 Å². The Morgan fingerprint density at radius 1 is 1.00 bits per heavy atom.